The van der Waals surface area contributed by atoms with Gasteiger partial charge in [-0.05, 0) is 0 Å². The summed E-state index contributed by atoms with van der Waals surface area (Å²) < 4.78 is 2.15. The summed E-state index contributed by atoms with van der Waals surface area (Å²) in [6, 6.07) is 0. The standard InChI is InChI=1S/C6H18BNSi2/c1-9(2,3)8(7)10(4,5)6/h1-6H3. The van der Waals surface area contributed by atoms with E-state index < -0.39 is 16.5 Å². The van der Waals surface area contributed by atoms with Crippen molar-refractivity contribution in [1.82, 2.24) is 4.14 Å². The Morgan fingerprint density at radius 2 is 1.00 bits per heavy atom. The summed E-state index contributed by atoms with van der Waals surface area (Å²) in [5, 5.41) is 0. The second-order valence-corrected chi connectivity index (χ2v) is 14.8. The highest BCUT2D eigenvalue weighted by Gasteiger charge is 2.29. The monoisotopic (exact) mass is 171 g/mol. The summed E-state index contributed by atoms with van der Waals surface area (Å²) >= 11 is 0. The van der Waals surface area contributed by atoms with Gasteiger partial charge in [-0.25, -0.2) is 0 Å². The second-order valence-electron chi connectivity index (χ2n) is 4.71. The van der Waals surface area contributed by atoms with Crippen molar-refractivity contribution in [3.05, 3.63) is 0 Å². The van der Waals surface area contributed by atoms with E-state index in [0.717, 1.165) is 0 Å². The molecule has 0 aliphatic heterocycles. The van der Waals surface area contributed by atoms with E-state index >= 15 is 0 Å². The first-order chi connectivity index (χ1) is 4.15. The third-order valence-corrected chi connectivity index (χ3v) is 8.36. The molecule has 10 heavy (non-hydrogen) atoms. The maximum absolute atomic E-state index is 5.98. The van der Waals surface area contributed by atoms with Crippen LogP contribution in [0.4, 0.5) is 0 Å². The molecule has 0 aromatic carbocycles. The molecule has 0 fully saturated rings. The van der Waals surface area contributed by atoms with E-state index in [4.69, 9.17) is 7.98 Å². The van der Waals surface area contributed by atoms with E-state index in [2.05, 4.69) is 43.4 Å². The van der Waals surface area contributed by atoms with Gasteiger partial charge in [0, 0.05) is 0 Å². The maximum Gasteiger partial charge on any atom is 0.164 e. The summed E-state index contributed by atoms with van der Waals surface area (Å²) in [7, 11) is 3.54. The summed E-state index contributed by atoms with van der Waals surface area (Å²) in [4.78, 5) is 0. The first-order valence-electron chi connectivity index (χ1n) is 3.71. The predicted molar refractivity (Wildman–Crippen MR) is 54.3 cm³/mol. The van der Waals surface area contributed by atoms with Gasteiger partial charge in [-0.3, -0.25) is 0 Å². The normalized spacial score (nSPS) is 14.3. The number of hydrogen-bond donors (Lipinski definition) is 0. The predicted octanol–water partition coefficient (Wildman–Crippen LogP) is 2.04. The van der Waals surface area contributed by atoms with Crippen molar-refractivity contribution in [3.63, 3.8) is 0 Å². The molecule has 0 saturated carbocycles. The van der Waals surface area contributed by atoms with E-state index in [1.807, 2.05) is 0 Å². The molecule has 58 valence electrons. The van der Waals surface area contributed by atoms with Gasteiger partial charge in [-0.1, -0.05) is 39.3 Å². The molecule has 0 unspecified atom stereocenters. The second kappa shape index (κ2) is 2.83. The molecule has 0 spiro atoms. The topological polar surface area (TPSA) is 3.24 Å². The molecule has 0 heterocycles. The fourth-order valence-corrected chi connectivity index (χ4v) is 9.06. The Bertz CT molecular complexity index is 99.9. The van der Waals surface area contributed by atoms with Crippen molar-refractivity contribution in [2.45, 2.75) is 39.3 Å². The molecular weight excluding hydrogens is 153 g/mol. The smallest absolute Gasteiger partial charge is 0.164 e. The maximum atomic E-state index is 5.98. The first-order valence-corrected chi connectivity index (χ1v) is 10.6. The highest BCUT2D eigenvalue weighted by atomic mass is 28.4. The Hall–Kier alpha value is 0.459. The fourth-order valence-electron chi connectivity index (χ4n) is 1.01. The molecule has 0 rings (SSSR count). The van der Waals surface area contributed by atoms with E-state index in [-0.39, 0.29) is 0 Å². The Labute approximate surface area is 68.4 Å². The molecule has 0 aliphatic carbocycles. The van der Waals surface area contributed by atoms with Gasteiger partial charge in [0.2, 0.25) is 0 Å². The van der Waals surface area contributed by atoms with Crippen LogP contribution in [-0.2, 0) is 0 Å². The summed E-state index contributed by atoms with van der Waals surface area (Å²) in [6.45, 7) is 13.7. The molecule has 0 bridgehead atoms. The minimum atomic E-state index is -1.22. The van der Waals surface area contributed by atoms with Gasteiger partial charge in [0.1, 0.15) is 16.5 Å². The van der Waals surface area contributed by atoms with Crippen molar-refractivity contribution in [1.29, 1.82) is 0 Å². The van der Waals surface area contributed by atoms with Crippen molar-refractivity contribution >= 4 is 24.5 Å². The molecule has 0 aliphatic rings. The highest BCUT2D eigenvalue weighted by molar-refractivity contribution is 6.94. The molecule has 0 atom stereocenters. The third kappa shape index (κ3) is 3.03. The number of rotatable bonds is 2. The lowest BCUT2D eigenvalue weighted by atomic mass is 10.5. The van der Waals surface area contributed by atoms with Crippen LogP contribution in [-0.4, -0.2) is 28.6 Å². The van der Waals surface area contributed by atoms with Crippen LogP contribution in [0.2, 0.25) is 39.3 Å². The summed E-state index contributed by atoms with van der Waals surface area (Å²) in [5.74, 6) is 0. The van der Waals surface area contributed by atoms with Gasteiger partial charge < -0.3 is 4.14 Å². The van der Waals surface area contributed by atoms with Gasteiger partial charge >= 0.3 is 0 Å². The Morgan fingerprint density at radius 1 is 0.800 bits per heavy atom. The van der Waals surface area contributed by atoms with Gasteiger partial charge in [0.05, 0.1) is 0 Å². The van der Waals surface area contributed by atoms with Crippen LogP contribution in [0, 0.1) is 0 Å². The summed E-state index contributed by atoms with van der Waals surface area (Å²) in [6.07, 6.45) is 0. The average Bonchev–Trinajstić information content (AvgIpc) is 1.59. The fraction of sp³-hybridized carbons (Fsp3) is 1.00. The highest BCUT2D eigenvalue weighted by Crippen LogP contribution is 2.15. The lowest BCUT2D eigenvalue weighted by Gasteiger charge is -2.41. The van der Waals surface area contributed by atoms with Crippen LogP contribution in [0.3, 0.4) is 0 Å². The Balaban J connectivity index is 4.23. The molecule has 0 aromatic rings. The Kier molecular flexibility index (Phi) is 2.96. The molecular formula is C6H18BNSi2. The minimum Gasteiger partial charge on any atom is -0.398 e. The van der Waals surface area contributed by atoms with E-state index in [1.54, 1.807) is 0 Å². The van der Waals surface area contributed by atoms with Crippen LogP contribution in [0.5, 0.6) is 0 Å². The molecule has 4 heteroatoms. The van der Waals surface area contributed by atoms with Gasteiger partial charge in [0.25, 0.3) is 0 Å². The zero-order valence-electron chi connectivity index (χ0n) is 8.02. The molecule has 2 radical (unpaired) electrons. The first kappa shape index (κ1) is 10.5. The van der Waals surface area contributed by atoms with Gasteiger partial charge in [-0.2, -0.15) is 0 Å². The van der Waals surface area contributed by atoms with Crippen LogP contribution >= 0.6 is 0 Å². The lowest BCUT2D eigenvalue weighted by molar-refractivity contribution is 0.974. The van der Waals surface area contributed by atoms with Crippen molar-refractivity contribution in [2.24, 2.45) is 0 Å². The quantitative estimate of drug-likeness (QED) is 0.575. The van der Waals surface area contributed by atoms with Gasteiger partial charge in [0.15, 0.2) is 7.98 Å². The molecule has 0 amide bonds. The van der Waals surface area contributed by atoms with Crippen molar-refractivity contribution in [2.75, 3.05) is 0 Å². The van der Waals surface area contributed by atoms with Crippen LogP contribution in [0.1, 0.15) is 0 Å². The zero-order chi connectivity index (χ0) is 8.58. The minimum absolute atomic E-state index is 1.22. The zero-order valence-corrected chi connectivity index (χ0v) is 10.0. The third-order valence-electron chi connectivity index (χ3n) is 1.45. The molecule has 0 aromatic heterocycles. The van der Waals surface area contributed by atoms with E-state index in [1.165, 1.54) is 0 Å². The number of hydrogen-bond acceptors (Lipinski definition) is 1. The Morgan fingerprint density at radius 3 is 1.00 bits per heavy atom. The van der Waals surface area contributed by atoms with Crippen molar-refractivity contribution < 1.29 is 0 Å². The SMILES string of the molecule is [B]N([Si](C)(C)C)[Si](C)(C)C. The average molecular weight is 171 g/mol. The van der Waals surface area contributed by atoms with E-state index in [9.17, 15) is 0 Å². The molecule has 0 saturated heterocycles. The molecule has 0 N–H and O–H groups in total. The van der Waals surface area contributed by atoms with Crippen LogP contribution < -0.4 is 0 Å². The molecule has 1 nitrogen and oxygen atoms in total. The van der Waals surface area contributed by atoms with Crippen LogP contribution in [0.15, 0.2) is 0 Å². The largest absolute Gasteiger partial charge is 0.398 e. The van der Waals surface area contributed by atoms with Crippen molar-refractivity contribution in [3.8, 4) is 0 Å². The van der Waals surface area contributed by atoms with E-state index in [0.29, 0.717) is 0 Å². The summed E-state index contributed by atoms with van der Waals surface area (Å²) in [5.41, 5.74) is 0. The van der Waals surface area contributed by atoms with Crippen LogP contribution in [0.25, 0.3) is 0 Å². The lowest BCUT2D eigenvalue weighted by Crippen LogP contribution is -2.57. The number of nitrogens with zero attached hydrogens (tertiary/aromatic N) is 1. The van der Waals surface area contributed by atoms with Gasteiger partial charge in [-0.15, -0.1) is 0 Å².